The minimum Gasteiger partial charge on any atom is -0.352 e. The summed E-state index contributed by atoms with van der Waals surface area (Å²) in [5.74, 6) is -0.536. The van der Waals surface area contributed by atoms with Gasteiger partial charge in [-0.15, -0.1) is 0 Å². The number of carbonyl (C=O) groups excluding carboxylic acids is 2. The molecule has 0 unspecified atom stereocenters. The molecule has 1 aliphatic rings. The summed E-state index contributed by atoms with van der Waals surface area (Å²) >= 11 is 0. The Morgan fingerprint density at radius 2 is 1.84 bits per heavy atom. The molecule has 138 valence electrons. The van der Waals surface area contributed by atoms with Crippen LogP contribution in [0.25, 0.3) is 0 Å². The Bertz CT molecular complexity index is 733. The quantitative estimate of drug-likeness (QED) is 0.660. The smallest absolute Gasteiger partial charge is 0.238 e. The van der Waals surface area contributed by atoms with E-state index < -0.39 is 10.0 Å². The summed E-state index contributed by atoms with van der Waals surface area (Å²) in [5.41, 5.74) is 6.71. The highest BCUT2D eigenvalue weighted by Crippen LogP contribution is 2.17. The van der Waals surface area contributed by atoms with Crippen LogP contribution in [-0.4, -0.2) is 44.3 Å². The minimum absolute atomic E-state index is 0.0254. The number of nitrogens with two attached hydrogens (primary N) is 2. The third kappa shape index (κ3) is 5.52. The van der Waals surface area contributed by atoms with Gasteiger partial charge in [0.15, 0.2) is 0 Å². The van der Waals surface area contributed by atoms with Gasteiger partial charge in [0.2, 0.25) is 21.8 Å². The van der Waals surface area contributed by atoms with Crippen LogP contribution < -0.4 is 16.2 Å². The number of nitrogens with zero attached hydrogens (tertiary/aromatic N) is 1. The first-order valence-electron chi connectivity index (χ1n) is 8.07. The molecule has 25 heavy (non-hydrogen) atoms. The summed E-state index contributed by atoms with van der Waals surface area (Å²) < 4.78 is 22.5. The Morgan fingerprint density at radius 1 is 1.20 bits per heavy atom. The highest BCUT2D eigenvalue weighted by atomic mass is 32.2. The lowest BCUT2D eigenvalue weighted by Crippen LogP contribution is -2.42. The maximum Gasteiger partial charge on any atom is 0.238 e. The second-order valence-electron chi connectivity index (χ2n) is 6.37. The van der Waals surface area contributed by atoms with E-state index in [2.05, 4.69) is 5.32 Å². The monoisotopic (exact) mass is 368 g/mol. The number of sulfonamides is 1. The molecule has 2 atom stereocenters. The Morgan fingerprint density at radius 3 is 2.40 bits per heavy atom. The second kappa shape index (κ2) is 7.94. The Labute approximate surface area is 147 Å². The van der Waals surface area contributed by atoms with Crippen LogP contribution in [0, 0.1) is 5.92 Å². The van der Waals surface area contributed by atoms with Crippen LogP contribution in [0.4, 0.5) is 0 Å². The van der Waals surface area contributed by atoms with Gasteiger partial charge in [-0.25, -0.2) is 13.6 Å². The highest BCUT2D eigenvalue weighted by Gasteiger charge is 2.28. The molecule has 0 radical (unpaired) electrons. The van der Waals surface area contributed by atoms with Crippen LogP contribution in [-0.2, 0) is 26.2 Å². The summed E-state index contributed by atoms with van der Waals surface area (Å²) in [6, 6.07) is 5.89. The van der Waals surface area contributed by atoms with Gasteiger partial charge in [0.05, 0.1) is 10.8 Å². The third-order valence-electron chi connectivity index (χ3n) is 4.32. The van der Waals surface area contributed by atoms with Gasteiger partial charge in [-0.05, 0) is 30.5 Å². The summed E-state index contributed by atoms with van der Waals surface area (Å²) in [7, 11) is -3.73. The zero-order valence-corrected chi connectivity index (χ0v) is 15.0. The fraction of sp³-hybridized carbons (Fsp3) is 0.500. The van der Waals surface area contributed by atoms with Crippen molar-refractivity contribution in [1.82, 2.24) is 10.2 Å². The summed E-state index contributed by atoms with van der Waals surface area (Å²) in [5, 5.41) is 7.88. The van der Waals surface area contributed by atoms with Gasteiger partial charge >= 0.3 is 0 Å². The number of hydrogen-bond acceptors (Lipinski definition) is 5. The van der Waals surface area contributed by atoms with E-state index in [1.807, 2.05) is 0 Å². The van der Waals surface area contributed by atoms with Crippen molar-refractivity contribution in [2.45, 2.75) is 37.2 Å². The van der Waals surface area contributed by atoms with Crippen molar-refractivity contribution in [1.29, 1.82) is 0 Å². The van der Waals surface area contributed by atoms with Gasteiger partial charge in [0.25, 0.3) is 0 Å². The number of likely N-dealkylation sites (tertiary alicyclic amines) is 1. The van der Waals surface area contributed by atoms with Gasteiger partial charge in [-0.1, -0.05) is 12.1 Å². The first-order chi connectivity index (χ1) is 11.7. The van der Waals surface area contributed by atoms with E-state index in [0.717, 1.165) is 5.56 Å². The average molecular weight is 368 g/mol. The van der Waals surface area contributed by atoms with E-state index in [1.165, 1.54) is 19.1 Å². The molecule has 2 amide bonds. The lowest BCUT2D eigenvalue weighted by atomic mass is 10.0. The van der Waals surface area contributed by atoms with Crippen LogP contribution in [0.1, 0.15) is 25.3 Å². The number of rotatable bonds is 4. The topological polar surface area (TPSA) is 136 Å². The maximum atomic E-state index is 12.4. The number of amides is 2. The molecule has 1 fully saturated rings. The molecule has 8 nitrogen and oxygen atoms in total. The third-order valence-corrected chi connectivity index (χ3v) is 5.25. The molecule has 0 bridgehead atoms. The predicted molar refractivity (Wildman–Crippen MR) is 92.6 cm³/mol. The molecular weight excluding hydrogens is 344 g/mol. The van der Waals surface area contributed by atoms with Crippen LogP contribution in [0.15, 0.2) is 29.2 Å². The van der Waals surface area contributed by atoms with Crippen molar-refractivity contribution < 1.29 is 18.0 Å². The summed E-state index contributed by atoms with van der Waals surface area (Å²) in [4.78, 5) is 25.7. The first-order valence-corrected chi connectivity index (χ1v) is 9.62. The van der Waals surface area contributed by atoms with Crippen LogP contribution >= 0.6 is 0 Å². The highest BCUT2D eigenvalue weighted by molar-refractivity contribution is 7.89. The fourth-order valence-corrected chi connectivity index (χ4v) is 3.34. The van der Waals surface area contributed by atoms with Crippen molar-refractivity contribution in [2.24, 2.45) is 16.8 Å². The summed E-state index contributed by atoms with van der Waals surface area (Å²) in [6.45, 7) is 2.57. The average Bonchev–Trinajstić information content (AvgIpc) is 2.74. The molecule has 5 N–H and O–H groups in total. The van der Waals surface area contributed by atoms with Crippen LogP contribution in [0.2, 0.25) is 0 Å². The zero-order valence-electron chi connectivity index (χ0n) is 14.1. The Hall–Kier alpha value is -1.97. The summed E-state index contributed by atoms with van der Waals surface area (Å²) in [6.07, 6.45) is 1.31. The van der Waals surface area contributed by atoms with E-state index in [-0.39, 0.29) is 35.2 Å². The van der Waals surface area contributed by atoms with E-state index in [1.54, 1.807) is 17.0 Å². The second-order valence-corrected chi connectivity index (χ2v) is 7.93. The first kappa shape index (κ1) is 19.4. The molecular formula is C16H24N4O4S. The van der Waals surface area contributed by atoms with Crippen molar-refractivity contribution >= 4 is 21.8 Å². The SMILES string of the molecule is CC(=O)N1C[C@@H](N)CC[C@@H](C(=O)NCc2ccc(S(N)(=O)=O)cc2)C1. The van der Waals surface area contributed by atoms with Crippen molar-refractivity contribution in [2.75, 3.05) is 13.1 Å². The van der Waals surface area contributed by atoms with Crippen molar-refractivity contribution in [3.8, 4) is 0 Å². The van der Waals surface area contributed by atoms with E-state index in [4.69, 9.17) is 10.9 Å². The Kier molecular flexibility index (Phi) is 6.15. The van der Waals surface area contributed by atoms with Gasteiger partial charge in [0, 0.05) is 32.6 Å². The molecule has 2 rings (SSSR count). The standard InChI is InChI=1S/C16H24N4O4S/c1-11(21)20-9-13(4-5-14(17)10-20)16(22)19-8-12-2-6-15(7-3-12)25(18,23)24/h2-3,6-7,13-14H,4-5,8-10,17H2,1H3,(H,19,22)(H2,18,23,24)/t13-,14+/m1/s1. The number of nitrogens with one attached hydrogen (secondary N) is 1. The normalized spacial score (nSPS) is 21.5. The van der Waals surface area contributed by atoms with Crippen LogP contribution in [0.5, 0.6) is 0 Å². The molecule has 1 aliphatic heterocycles. The molecule has 9 heteroatoms. The van der Waals surface area contributed by atoms with Gasteiger partial charge in [0.1, 0.15) is 0 Å². The molecule has 0 saturated carbocycles. The maximum absolute atomic E-state index is 12.4. The number of hydrogen-bond donors (Lipinski definition) is 3. The fourth-order valence-electron chi connectivity index (χ4n) is 2.82. The lowest BCUT2D eigenvalue weighted by molar-refractivity contribution is -0.131. The number of benzene rings is 1. The van der Waals surface area contributed by atoms with Crippen LogP contribution in [0.3, 0.4) is 0 Å². The van der Waals surface area contributed by atoms with Gasteiger partial charge in [-0.2, -0.15) is 0 Å². The molecule has 0 aromatic heterocycles. The molecule has 1 saturated heterocycles. The van der Waals surface area contributed by atoms with E-state index in [0.29, 0.717) is 25.9 Å². The molecule has 1 aromatic carbocycles. The van der Waals surface area contributed by atoms with E-state index >= 15 is 0 Å². The van der Waals surface area contributed by atoms with E-state index in [9.17, 15) is 18.0 Å². The number of carbonyl (C=O) groups is 2. The van der Waals surface area contributed by atoms with Crippen molar-refractivity contribution in [3.05, 3.63) is 29.8 Å². The molecule has 0 spiro atoms. The predicted octanol–water partition coefficient (Wildman–Crippen LogP) is -0.464. The molecule has 1 heterocycles. The lowest BCUT2D eigenvalue weighted by Gasteiger charge is -2.23. The van der Waals surface area contributed by atoms with Gasteiger partial charge in [-0.3, -0.25) is 9.59 Å². The number of primary sulfonamides is 1. The zero-order chi connectivity index (χ0) is 18.6. The Balaban J connectivity index is 1.96. The largest absolute Gasteiger partial charge is 0.352 e. The van der Waals surface area contributed by atoms with Gasteiger partial charge < -0.3 is 16.0 Å². The molecule has 1 aromatic rings. The molecule has 0 aliphatic carbocycles. The minimum atomic E-state index is -3.73. The van der Waals surface area contributed by atoms with Crippen molar-refractivity contribution in [3.63, 3.8) is 0 Å².